The van der Waals surface area contributed by atoms with E-state index >= 15 is 0 Å². The Balaban J connectivity index is 1.73. The molecule has 0 bridgehead atoms. The second-order valence-electron chi connectivity index (χ2n) is 4.32. The van der Waals surface area contributed by atoms with Crippen molar-refractivity contribution in [1.29, 1.82) is 0 Å². The number of fused-ring (bicyclic) bond motifs is 1. The predicted molar refractivity (Wildman–Crippen MR) is 69.2 cm³/mol. The van der Waals surface area contributed by atoms with E-state index in [1.165, 1.54) is 11.8 Å². The number of nitrogens with zero attached hydrogens (tertiary/aromatic N) is 6. The molecular weight excluding hydrogens is 284 g/mol. The first-order valence-electron chi connectivity index (χ1n) is 5.88. The van der Waals surface area contributed by atoms with Crippen LogP contribution in [0.1, 0.15) is 24.6 Å². The minimum atomic E-state index is -0.0504. The second kappa shape index (κ2) is 4.29. The summed E-state index contributed by atoms with van der Waals surface area (Å²) >= 11 is 2.95. The zero-order valence-corrected chi connectivity index (χ0v) is 11.4. The van der Waals surface area contributed by atoms with Crippen molar-refractivity contribution in [1.82, 2.24) is 29.6 Å². The predicted octanol–water partition coefficient (Wildman–Crippen LogP) is 1.36. The standard InChI is InChI=1S/C10H10N6OS2/c17-5-7-8(11-9-15(7)3-4-18-9)19-10-12-13-14-16(10)6-1-2-6/h3-4,6,17H,1-2,5H2. The van der Waals surface area contributed by atoms with Gasteiger partial charge in [0.15, 0.2) is 4.96 Å². The molecule has 1 N–H and O–H groups in total. The first-order chi connectivity index (χ1) is 9.36. The molecule has 1 saturated carbocycles. The third kappa shape index (κ3) is 1.85. The molecule has 0 saturated heterocycles. The van der Waals surface area contributed by atoms with E-state index in [1.807, 2.05) is 20.7 Å². The minimum absolute atomic E-state index is 0.0504. The number of thiazole rings is 1. The van der Waals surface area contributed by atoms with Crippen molar-refractivity contribution in [2.24, 2.45) is 0 Å². The fourth-order valence-electron chi connectivity index (χ4n) is 1.93. The van der Waals surface area contributed by atoms with Crippen LogP contribution in [0.2, 0.25) is 0 Å². The first kappa shape index (κ1) is 11.4. The fraction of sp³-hybridized carbons (Fsp3) is 0.400. The maximum atomic E-state index is 9.52. The molecule has 4 rings (SSSR count). The quantitative estimate of drug-likeness (QED) is 0.782. The summed E-state index contributed by atoms with van der Waals surface area (Å²) in [7, 11) is 0. The Labute approximate surface area is 116 Å². The number of imidazole rings is 1. The van der Waals surface area contributed by atoms with E-state index in [9.17, 15) is 5.11 Å². The Morgan fingerprint density at radius 3 is 3.16 bits per heavy atom. The summed E-state index contributed by atoms with van der Waals surface area (Å²) in [5.41, 5.74) is 0.784. The summed E-state index contributed by atoms with van der Waals surface area (Å²) < 4.78 is 3.75. The van der Waals surface area contributed by atoms with Gasteiger partial charge in [0.25, 0.3) is 0 Å². The van der Waals surface area contributed by atoms with Crippen LogP contribution >= 0.6 is 23.1 Å². The molecular formula is C10H10N6OS2. The van der Waals surface area contributed by atoms with Gasteiger partial charge in [0.2, 0.25) is 5.16 Å². The Bertz CT molecular complexity index is 727. The largest absolute Gasteiger partial charge is 0.390 e. The first-order valence-corrected chi connectivity index (χ1v) is 7.57. The van der Waals surface area contributed by atoms with E-state index in [0.29, 0.717) is 6.04 Å². The molecule has 0 unspecified atom stereocenters. The van der Waals surface area contributed by atoms with E-state index in [0.717, 1.165) is 33.7 Å². The van der Waals surface area contributed by atoms with Gasteiger partial charge in [0.05, 0.1) is 18.3 Å². The highest BCUT2D eigenvalue weighted by Crippen LogP contribution is 2.38. The van der Waals surface area contributed by atoms with Crippen molar-refractivity contribution in [2.75, 3.05) is 0 Å². The number of hydrogen-bond acceptors (Lipinski definition) is 7. The zero-order valence-electron chi connectivity index (χ0n) is 9.80. The van der Waals surface area contributed by atoms with Gasteiger partial charge in [-0.15, -0.1) is 16.4 Å². The van der Waals surface area contributed by atoms with E-state index in [2.05, 4.69) is 20.5 Å². The normalized spacial score (nSPS) is 15.4. The van der Waals surface area contributed by atoms with Crippen LogP contribution in [0.15, 0.2) is 21.8 Å². The van der Waals surface area contributed by atoms with Crippen LogP contribution in [0.25, 0.3) is 4.96 Å². The topological polar surface area (TPSA) is 81.1 Å². The average Bonchev–Trinajstić information content (AvgIpc) is 2.85. The molecule has 98 valence electrons. The molecule has 19 heavy (non-hydrogen) atoms. The van der Waals surface area contributed by atoms with E-state index in [1.54, 1.807) is 11.3 Å². The lowest BCUT2D eigenvalue weighted by molar-refractivity contribution is 0.272. The second-order valence-corrected chi connectivity index (χ2v) is 6.15. The van der Waals surface area contributed by atoms with Crippen molar-refractivity contribution in [3.05, 3.63) is 17.3 Å². The van der Waals surface area contributed by atoms with Gasteiger partial charge in [-0.3, -0.25) is 4.40 Å². The summed E-state index contributed by atoms with van der Waals surface area (Å²) in [6.07, 6.45) is 4.17. The van der Waals surface area contributed by atoms with Crippen LogP contribution in [-0.2, 0) is 6.61 Å². The molecule has 1 aliphatic carbocycles. The number of aromatic nitrogens is 6. The molecule has 1 fully saturated rings. The minimum Gasteiger partial charge on any atom is -0.390 e. The van der Waals surface area contributed by atoms with Gasteiger partial charge in [-0.05, 0) is 35.0 Å². The van der Waals surface area contributed by atoms with Crippen molar-refractivity contribution >= 4 is 28.1 Å². The molecule has 0 radical (unpaired) electrons. The summed E-state index contributed by atoms with van der Waals surface area (Å²) in [6, 6.07) is 0.429. The number of aliphatic hydroxyl groups is 1. The van der Waals surface area contributed by atoms with Crippen LogP contribution in [0.5, 0.6) is 0 Å². The summed E-state index contributed by atoms with van der Waals surface area (Å²) in [5, 5.41) is 24.7. The molecule has 9 heteroatoms. The van der Waals surface area contributed by atoms with Crippen LogP contribution in [-0.4, -0.2) is 34.7 Å². The third-order valence-electron chi connectivity index (χ3n) is 3.02. The van der Waals surface area contributed by atoms with Gasteiger partial charge in [-0.2, -0.15) is 0 Å². The van der Waals surface area contributed by atoms with Crippen molar-refractivity contribution in [3.63, 3.8) is 0 Å². The zero-order chi connectivity index (χ0) is 12.8. The molecule has 3 aromatic heterocycles. The number of aliphatic hydroxyl groups excluding tert-OH is 1. The van der Waals surface area contributed by atoms with Crippen molar-refractivity contribution in [3.8, 4) is 0 Å². The summed E-state index contributed by atoms with van der Waals surface area (Å²) in [6.45, 7) is -0.0504. The highest BCUT2D eigenvalue weighted by Gasteiger charge is 2.29. The lowest BCUT2D eigenvalue weighted by atomic mass is 10.5. The van der Waals surface area contributed by atoms with E-state index in [4.69, 9.17) is 0 Å². The van der Waals surface area contributed by atoms with Gasteiger partial charge in [0, 0.05) is 11.6 Å². The summed E-state index contributed by atoms with van der Waals surface area (Å²) in [5.74, 6) is 0. The van der Waals surface area contributed by atoms with E-state index in [-0.39, 0.29) is 6.61 Å². The SMILES string of the molecule is OCc1c(Sc2nnnn2C2CC2)nc2sccn12. The average molecular weight is 294 g/mol. The van der Waals surface area contributed by atoms with Crippen LogP contribution in [0.3, 0.4) is 0 Å². The van der Waals surface area contributed by atoms with Crippen LogP contribution in [0.4, 0.5) is 0 Å². The molecule has 3 heterocycles. The van der Waals surface area contributed by atoms with Gasteiger partial charge >= 0.3 is 0 Å². The lowest BCUT2D eigenvalue weighted by Gasteiger charge is -2.01. The fourth-order valence-corrected chi connectivity index (χ4v) is 3.66. The van der Waals surface area contributed by atoms with Crippen molar-refractivity contribution in [2.45, 2.75) is 35.7 Å². The number of rotatable bonds is 4. The lowest BCUT2D eigenvalue weighted by Crippen LogP contribution is -1.99. The molecule has 3 aromatic rings. The van der Waals surface area contributed by atoms with Gasteiger partial charge in [-0.25, -0.2) is 9.67 Å². The molecule has 0 amide bonds. The Morgan fingerprint density at radius 2 is 2.37 bits per heavy atom. The van der Waals surface area contributed by atoms with Gasteiger partial charge < -0.3 is 5.11 Å². The Morgan fingerprint density at radius 1 is 1.47 bits per heavy atom. The molecule has 1 aliphatic rings. The molecule has 0 aliphatic heterocycles. The van der Waals surface area contributed by atoms with Gasteiger partial charge in [-0.1, -0.05) is 0 Å². The molecule has 7 nitrogen and oxygen atoms in total. The van der Waals surface area contributed by atoms with Crippen molar-refractivity contribution < 1.29 is 5.11 Å². The monoisotopic (exact) mass is 294 g/mol. The summed E-state index contributed by atoms with van der Waals surface area (Å²) in [4.78, 5) is 5.39. The molecule has 0 atom stereocenters. The highest BCUT2D eigenvalue weighted by molar-refractivity contribution is 7.99. The Hall–Kier alpha value is -1.45. The highest BCUT2D eigenvalue weighted by atomic mass is 32.2. The van der Waals surface area contributed by atoms with Crippen LogP contribution < -0.4 is 0 Å². The maximum Gasteiger partial charge on any atom is 0.215 e. The smallest absolute Gasteiger partial charge is 0.215 e. The maximum absolute atomic E-state index is 9.52. The number of tetrazole rings is 1. The third-order valence-corrected chi connectivity index (χ3v) is 4.75. The number of hydrogen-bond donors (Lipinski definition) is 1. The molecule has 0 spiro atoms. The Kier molecular flexibility index (Phi) is 2.57. The van der Waals surface area contributed by atoms with Gasteiger partial charge in [0.1, 0.15) is 5.03 Å². The molecule has 0 aromatic carbocycles. The van der Waals surface area contributed by atoms with Crippen LogP contribution in [0, 0.1) is 0 Å². The van der Waals surface area contributed by atoms with E-state index < -0.39 is 0 Å².